The second-order valence-electron chi connectivity index (χ2n) is 4.47. The van der Waals surface area contributed by atoms with Crippen LogP contribution in [-0.4, -0.2) is 116 Å². The Morgan fingerprint density at radius 2 is 1.38 bits per heavy atom. The van der Waals surface area contributed by atoms with E-state index in [2.05, 4.69) is 4.74 Å². The van der Waals surface area contributed by atoms with Crippen molar-refractivity contribution >= 4 is 18.5 Å². The number of carbonyl (C=O) groups is 3. The second kappa shape index (κ2) is 12.9. The lowest BCUT2D eigenvalue weighted by Gasteiger charge is -2.24. The zero-order chi connectivity index (χ0) is 19.4. The second-order valence-corrected chi connectivity index (χ2v) is 4.47. The molecule has 0 rings (SSSR count). The predicted octanol–water partition coefficient (Wildman–Crippen LogP) is -5.37. The molecule has 142 valence electrons. The van der Waals surface area contributed by atoms with E-state index in [4.69, 9.17) is 40.9 Å². The van der Waals surface area contributed by atoms with Crippen molar-refractivity contribution in [3.63, 3.8) is 0 Å². The van der Waals surface area contributed by atoms with Gasteiger partial charge in [0.1, 0.15) is 36.6 Å². The number of rotatable bonds is 10. The number of aliphatic hydroxyl groups excluding tert-OH is 7. The summed E-state index contributed by atoms with van der Waals surface area (Å²) in [7, 11) is 1.04. The Morgan fingerprint density at radius 3 is 1.67 bits per heavy atom. The van der Waals surface area contributed by atoms with Crippen molar-refractivity contribution in [2.75, 3.05) is 13.7 Å². The maximum absolute atomic E-state index is 10.3. The molecule has 24 heavy (non-hydrogen) atoms. The predicted molar refractivity (Wildman–Crippen MR) is 73.7 cm³/mol. The summed E-state index contributed by atoms with van der Waals surface area (Å²) in [4.78, 5) is 30.1. The number of aliphatic hydroxyl groups is 7. The van der Waals surface area contributed by atoms with Crippen molar-refractivity contribution in [2.24, 2.45) is 0 Å². The molecule has 0 heterocycles. The Hall–Kier alpha value is -1.51. The Kier molecular flexibility index (Phi) is 13.3. The lowest BCUT2D eigenvalue weighted by atomic mass is 10.0. The average Bonchev–Trinajstić information content (AvgIpc) is 2.59. The highest BCUT2D eigenvalue weighted by Gasteiger charge is 2.35. The Balaban J connectivity index is 0. The maximum Gasteiger partial charge on any atom is 0.335 e. The molecular formula is C12H22O12. The smallest absolute Gasteiger partial charge is 0.335 e. The van der Waals surface area contributed by atoms with E-state index in [1.807, 2.05) is 0 Å². The zero-order valence-electron chi connectivity index (χ0n) is 12.6. The van der Waals surface area contributed by atoms with Crippen molar-refractivity contribution in [1.82, 2.24) is 0 Å². The maximum atomic E-state index is 10.3. The summed E-state index contributed by atoms with van der Waals surface area (Å²) < 4.78 is 4.46. The van der Waals surface area contributed by atoms with Crippen LogP contribution in [0, 0.1) is 0 Å². The SMILES string of the molecule is COC(C(O)C(=O)O)C(O)C(O)C=O.O=CC(O)C(O)C(O)CO. The van der Waals surface area contributed by atoms with Gasteiger partial charge in [0.15, 0.2) is 18.7 Å². The number of aldehydes is 2. The molecule has 0 aromatic rings. The van der Waals surface area contributed by atoms with Crippen LogP contribution < -0.4 is 0 Å². The van der Waals surface area contributed by atoms with Crippen LogP contribution in [-0.2, 0) is 19.1 Å². The minimum atomic E-state index is -2.01. The van der Waals surface area contributed by atoms with Gasteiger partial charge < -0.3 is 55.2 Å². The summed E-state index contributed by atoms with van der Waals surface area (Å²) in [6, 6.07) is 0. The van der Waals surface area contributed by atoms with Crippen LogP contribution in [0.2, 0.25) is 0 Å². The first-order valence-corrected chi connectivity index (χ1v) is 6.44. The Bertz CT molecular complexity index is 375. The topological polar surface area (TPSA) is 222 Å². The number of carbonyl (C=O) groups excluding carboxylic acids is 2. The molecule has 7 atom stereocenters. The van der Waals surface area contributed by atoms with Crippen LogP contribution in [0.25, 0.3) is 0 Å². The molecule has 0 radical (unpaired) electrons. The Morgan fingerprint density at radius 1 is 0.958 bits per heavy atom. The van der Waals surface area contributed by atoms with Gasteiger partial charge >= 0.3 is 5.97 Å². The van der Waals surface area contributed by atoms with E-state index in [1.165, 1.54) is 0 Å². The van der Waals surface area contributed by atoms with E-state index in [-0.39, 0.29) is 12.6 Å². The minimum Gasteiger partial charge on any atom is -0.479 e. The lowest BCUT2D eigenvalue weighted by molar-refractivity contribution is -0.167. The van der Waals surface area contributed by atoms with Crippen molar-refractivity contribution in [2.45, 2.75) is 42.7 Å². The zero-order valence-corrected chi connectivity index (χ0v) is 12.6. The van der Waals surface area contributed by atoms with E-state index in [0.29, 0.717) is 0 Å². The monoisotopic (exact) mass is 358 g/mol. The molecule has 0 saturated heterocycles. The van der Waals surface area contributed by atoms with Gasteiger partial charge in [-0.25, -0.2) is 4.79 Å². The first kappa shape index (κ1) is 24.7. The lowest BCUT2D eigenvalue weighted by Crippen LogP contribution is -2.49. The van der Waals surface area contributed by atoms with Gasteiger partial charge in [-0.05, 0) is 0 Å². The normalized spacial score (nSPS) is 19.5. The van der Waals surface area contributed by atoms with E-state index >= 15 is 0 Å². The van der Waals surface area contributed by atoms with Crippen molar-refractivity contribution < 1.29 is 60.0 Å². The van der Waals surface area contributed by atoms with Crippen molar-refractivity contribution in [1.29, 1.82) is 0 Å². The van der Waals surface area contributed by atoms with E-state index in [1.54, 1.807) is 0 Å². The molecule has 0 aliphatic carbocycles. The van der Waals surface area contributed by atoms with E-state index < -0.39 is 55.3 Å². The number of carboxylic acid groups (broad SMARTS) is 1. The van der Waals surface area contributed by atoms with E-state index in [0.717, 1.165) is 7.11 Å². The third kappa shape index (κ3) is 8.37. The van der Waals surface area contributed by atoms with Gasteiger partial charge in [0, 0.05) is 7.11 Å². The number of aliphatic carboxylic acids is 1. The molecule has 0 aromatic heterocycles. The molecule has 12 heteroatoms. The summed E-state index contributed by atoms with van der Waals surface area (Å²) in [6.45, 7) is -0.688. The molecule has 12 nitrogen and oxygen atoms in total. The molecule has 0 fully saturated rings. The largest absolute Gasteiger partial charge is 0.479 e. The number of ether oxygens (including phenoxy) is 1. The summed E-state index contributed by atoms with van der Waals surface area (Å²) in [6.07, 6.45) is -11.8. The van der Waals surface area contributed by atoms with Gasteiger partial charge in [0.25, 0.3) is 0 Å². The standard InChI is InChI=1S/C7H12O7.C5H10O5/c1-14-6(5(11)7(12)13)4(10)3(9)2-8;6-1-3(8)5(10)4(9)2-7/h2-6,9-11H,1H3,(H,12,13);1,3-5,7-10H,2H2. The van der Waals surface area contributed by atoms with Crippen LogP contribution in [0.3, 0.4) is 0 Å². The number of hydrogen-bond acceptors (Lipinski definition) is 11. The molecule has 0 aliphatic rings. The first-order valence-electron chi connectivity index (χ1n) is 6.44. The first-order chi connectivity index (χ1) is 11.1. The summed E-state index contributed by atoms with van der Waals surface area (Å²) in [5.74, 6) is -1.62. The van der Waals surface area contributed by atoms with Crippen molar-refractivity contribution in [3.05, 3.63) is 0 Å². The summed E-state index contributed by atoms with van der Waals surface area (Å²) in [5, 5.41) is 69.4. The summed E-state index contributed by atoms with van der Waals surface area (Å²) in [5.41, 5.74) is 0. The molecule has 8 N–H and O–H groups in total. The molecule has 0 bridgehead atoms. The van der Waals surface area contributed by atoms with Gasteiger partial charge in [-0.2, -0.15) is 0 Å². The molecule has 7 unspecified atom stereocenters. The summed E-state index contributed by atoms with van der Waals surface area (Å²) >= 11 is 0. The van der Waals surface area contributed by atoms with Gasteiger partial charge in [0.05, 0.1) is 6.61 Å². The van der Waals surface area contributed by atoms with Gasteiger partial charge in [0.2, 0.25) is 0 Å². The van der Waals surface area contributed by atoms with Crippen LogP contribution in [0.15, 0.2) is 0 Å². The number of carboxylic acids is 1. The van der Waals surface area contributed by atoms with Crippen LogP contribution in [0.4, 0.5) is 0 Å². The van der Waals surface area contributed by atoms with Crippen molar-refractivity contribution in [3.8, 4) is 0 Å². The third-order valence-corrected chi connectivity index (χ3v) is 2.73. The molecule has 0 aromatic carbocycles. The third-order valence-electron chi connectivity index (χ3n) is 2.73. The Labute approximate surface area is 136 Å². The quantitative estimate of drug-likeness (QED) is 0.171. The number of methoxy groups -OCH3 is 1. The molecule has 0 aliphatic heterocycles. The highest BCUT2D eigenvalue weighted by molar-refractivity contribution is 5.73. The molecule has 0 spiro atoms. The molecular weight excluding hydrogens is 336 g/mol. The highest BCUT2D eigenvalue weighted by Crippen LogP contribution is 2.08. The van der Waals surface area contributed by atoms with Gasteiger partial charge in [-0.3, -0.25) is 0 Å². The average molecular weight is 358 g/mol. The fourth-order valence-corrected chi connectivity index (χ4v) is 1.29. The molecule has 0 saturated carbocycles. The van der Waals surface area contributed by atoms with Crippen LogP contribution in [0.5, 0.6) is 0 Å². The van der Waals surface area contributed by atoms with Gasteiger partial charge in [-0.15, -0.1) is 0 Å². The van der Waals surface area contributed by atoms with Crippen LogP contribution >= 0.6 is 0 Å². The highest BCUT2D eigenvalue weighted by atomic mass is 16.5. The fourth-order valence-electron chi connectivity index (χ4n) is 1.29. The fraction of sp³-hybridized carbons (Fsp3) is 0.750. The molecule has 0 amide bonds. The van der Waals surface area contributed by atoms with Gasteiger partial charge in [-0.1, -0.05) is 0 Å². The number of hydrogen-bond donors (Lipinski definition) is 8. The minimum absolute atomic E-state index is 0.0191. The van der Waals surface area contributed by atoms with Crippen LogP contribution in [0.1, 0.15) is 0 Å². The van der Waals surface area contributed by atoms with E-state index in [9.17, 15) is 14.4 Å².